The number of hydrogen-bond donors (Lipinski definition) is 1. The molecule has 126 valence electrons. The van der Waals surface area contributed by atoms with Crippen LogP contribution in [-0.4, -0.2) is 11.1 Å². The molecule has 0 fully saturated rings. The maximum absolute atomic E-state index is 10.6. The number of halogens is 1. The smallest absolute Gasteiger partial charge is 0.328 e. The third-order valence-corrected chi connectivity index (χ3v) is 5.15. The summed E-state index contributed by atoms with van der Waals surface area (Å²) in [7, 11) is 0. The second-order valence-corrected chi connectivity index (χ2v) is 7.71. The van der Waals surface area contributed by atoms with Crippen LogP contribution in [0.25, 0.3) is 0 Å². The Kier molecular flexibility index (Phi) is 7.27. The SMILES string of the molecule is CC1=C(/C=C/C(C)=C(Br)/C=C/C(C)=C/C(=O)O)C(C)(C)CCC1. The van der Waals surface area contributed by atoms with Crippen molar-refractivity contribution >= 4 is 21.9 Å². The van der Waals surface area contributed by atoms with E-state index < -0.39 is 5.97 Å². The molecule has 0 unspecified atom stereocenters. The van der Waals surface area contributed by atoms with E-state index in [0.29, 0.717) is 5.57 Å². The van der Waals surface area contributed by atoms with Gasteiger partial charge in [0.15, 0.2) is 0 Å². The highest BCUT2D eigenvalue weighted by Crippen LogP contribution is 2.40. The molecule has 1 aliphatic rings. The Morgan fingerprint density at radius 3 is 2.43 bits per heavy atom. The highest BCUT2D eigenvalue weighted by Gasteiger charge is 2.26. The first-order chi connectivity index (χ1) is 10.6. The first kappa shape index (κ1) is 19.7. The van der Waals surface area contributed by atoms with Crippen LogP contribution in [0.2, 0.25) is 0 Å². The minimum absolute atomic E-state index is 0.238. The normalized spacial score (nSPS) is 20.3. The Hall–Kier alpha value is -1.35. The van der Waals surface area contributed by atoms with E-state index in [9.17, 15) is 4.79 Å². The van der Waals surface area contributed by atoms with Crippen LogP contribution in [0.1, 0.15) is 53.9 Å². The predicted molar refractivity (Wildman–Crippen MR) is 102 cm³/mol. The molecule has 0 saturated heterocycles. The standard InChI is InChI=1S/C20H27BrO2/c1-14(13-19(22)23)8-11-18(21)16(3)9-10-17-15(2)7-6-12-20(17,4)5/h8-11,13H,6-7,12H2,1-5H3,(H,22,23)/b10-9+,11-8+,14-13+,18-16-. The highest BCUT2D eigenvalue weighted by molar-refractivity contribution is 9.11. The largest absolute Gasteiger partial charge is 0.478 e. The molecule has 0 aromatic heterocycles. The summed E-state index contributed by atoms with van der Waals surface area (Å²) in [5.41, 5.74) is 4.98. The van der Waals surface area contributed by atoms with Crippen LogP contribution in [0.5, 0.6) is 0 Å². The first-order valence-electron chi connectivity index (χ1n) is 7.97. The zero-order valence-electron chi connectivity index (χ0n) is 14.7. The fourth-order valence-electron chi connectivity index (χ4n) is 2.88. The van der Waals surface area contributed by atoms with Crippen LogP contribution in [0.3, 0.4) is 0 Å². The molecule has 1 rings (SSSR count). The minimum atomic E-state index is -0.925. The number of carboxylic acid groups (broad SMARTS) is 1. The van der Waals surface area contributed by atoms with Gasteiger partial charge in [0.05, 0.1) is 0 Å². The van der Waals surface area contributed by atoms with E-state index in [1.165, 1.54) is 36.5 Å². The van der Waals surface area contributed by atoms with Gasteiger partial charge in [0, 0.05) is 10.6 Å². The van der Waals surface area contributed by atoms with Gasteiger partial charge < -0.3 is 5.11 Å². The van der Waals surface area contributed by atoms with Gasteiger partial charge in [0.25, 0.3) is 0 Å². The Labute approximate surface area is 148 Å². The quantitative estimate of drug-likeness (QED) is 0.448. The zero-order valence-corrected chi connectivity index (χ0v) is 16.3. The Morgan fingerprint density at radius 1 is 1.22 bits per heavy atom. The third-order valence-electron chi connectivity index (χ3n) is 4.26. The van der Waals surface area contributed by atoms with Crippen LogP contribution < -0.4 is 0 Å². The topological polar surface area (TPSA) is 37.3 Å². The number of aliphatic carboxylic acids is 1. The monoisotopic (exact) mass is 378 g/mol. The molecule has 0 aliphatic heterocycles. The molecule has 0 amide bonds. The number of carbonyl (C=O) groups is 1. The molecule has 0 saturated carbocycles. The second-order valence-electron chi connectivity index (χ2n) is 6.86. The number of rotatable bonds is 5. The maximum atomic E-state index is 10.6. The Bertz CT molecular complexity index is 614. The van der Waals surface area contributed by atoms with Crippen molar-refractivity contribution < 1.29 is 9.90 Å². The van der Waals surface area contributed by atoms with Crippen molar-refractivity contribution in [1.82, 2.24) is 0 Å². The fraction of sp³-hybridized carbons (Fsp3) is 0.450. The van der Waals surface area contributed by atoms with Gasteiger partial charge in [-0.2, -0.15) is 0 Å². The summed E-state index contributed by atoms with van der Waals surface area (Å²) in [4.78, 5) is 10.6. The molecule has 0 atom stereocenters. The lowest BCUT2D eigenvalue weighted by atomic mass is 9.72. The summed E-state index contributed by atoms with van der Waals surface area (Å²) in [5, 5.41) is 8.71. The van der Waals surface area contributed by atoms with E-state index in [4.69, 9.17) is 5.11 Å². The van der Waals surface area contributed by atoms with E-state index in [0.717, 1.165) is 10.1 Å². The fourth-order valence-corrected chi connectivity index (χ4v) is 3.14. The molecular formula is C20H27BrO2. The van der Waals surface area contributed by atoms with Gasteiger partial charge >= 0.3 is 5.97 Å². The van der Waals surface area contributed by atoms with Crippen molar-refractivity contribution in [1.29, 1.82) is 0 Å². The van der Waals surface area contributed by atoms with Gasteiger partial charge in [0.1, 0.15) is 0 Å². The van der Waals surface area contributed by atoms with Crippen LogP contribution >= 0.6 is 15.9 Å². The van der Waals surface area contributed by atoms with Gasteiger partial charge in [-0.25, -0.2) is 4.79 Å². The molecule has 0 aromatic carbocycles. The molecule has 0 aromatic rings. The highest BCUT2D eigenvalue weighted by atomic mass is 79.9. The van der Waals surface area contributed by atoms with Gasteiger partial charge in [-0.15, -0.1) is 0 Å². The second kappa shape index (κ2) is 8.49. The van der Waals surface area contributed by atoms with Gasteiger partial charge in [0.2, 0.25) is 0 Å². The molecular weight excluding hydrogens is 352 g/mol. The molecule has 0 spiro atoms. The lowest BCUT2D eigenvalue weighted by molar-refractivity contribution is -0.131. The molecule has 0 heterocycles. The predicted octanol–water partition coefficient (Wildman–Crippen LogP) is 6.33. The van der Waals surface area contributed by atoms with Crippen molar-refractivity contribution in [3.63, 3.8) is 0 Å². The molecule has 1 N–H and O–H groups in total. The van der Waals surface area contributed by atoms with Crippen LogP contribution in [0.15, 0.2) is 57.2 Å². The third kappa shape index (κ3) is 6.34. The van der Waals surface area contributed by atoms with E-state index in [1.54, 1.807) is 13.0 Å². The molecule has 2 nitrogen and oxygen atoms in total. The van der Waals surface area contributed by atoms with Crippen molar-refractivity contribution in [2.24, 2.45) is 5.41 Å². The number of hydrogen-bond acceptors (Lipinski definition) is 1. The number of carboxylic acids is 1. The van der Waals surface area contributed by atoms with E-state index in [2.05, 4.69) is 48.9 Å². The van der Waals surface area contributed by atoms with Crippen molar-refractivity contribution in [2.45, 2.75) is 53.9 Å². The summed E-state index contributed by atoms with van der Waals surface area (Å²) in [6, 6.07) is 0. The summed E-state index contributed by atoms with van der Waals surface area (Å²) in [5.74, 6) is -0.925. The van der Waals surface area contributed by atoms with Gasteiger partial charge in [-0.1, -0.05) is 53.6 Å². The maximum Gasteiger partial charge on any atom is 0.328 e. The first-order valence-corrected chi connectivity index (χ1v) is 8.77. The van der Waals surface area contributed by atoms with Crippen molar-refractivity contribution in [3.05, 3.63) is 57.2 Å². The van der Waals surface area contributed by atoms with Crippen LogP contribution in [0, 0.1) is 5.41 Å². The summed E-state index contributed by atoms with van der Waals surface area (Å²) >= 11 is 3.56. The summed E-state index contributed by atoms with van der Waals surface area (Å²) in [6.07, 6.45) is 12.9. The van der Waals surface area contributed by atoms with E-state index >= 15 is 0 Å². The van der Waals surface area contributed by atoms with E-state index in [-0.39, 0.29) is 5.41 Å². The lowest BCUT2D eigenvalue weighted by Gasteiger charge is -2.33. The van der Waals surface area contributed by atoms with Crippen LogP contribution in [-0.2, 0) is 4.79 Å². The van der Waals surface area contributed by atoms with E-state index in [1.807, 2.05) is 13.0 Å². The van der Waals surface area contributed by atoms with Crippen molar-refractivity contribution in [2.75, 3.05) is 0 Å². The average Bonchev–Trinajstić information content (AvgIpc) is 2.42. The number of allylic oxidation sites excluding steroid dienone is 9. The summed E-state index contributed by atoms with van der Waals surface area (Å²) in [6.45, 7) is 10.7. The molecule has 1 aliphatic carbocycles. The molecule has 3 heteroatoms. The molecule has 23 heavy (non-hydrogen) atoms. The Morgan fingerprint density at radius 2 is 1.87 bits per heavy atom. The summed E-state index contributed by atoms with van der Waals surface area (Å²) < 4.78 is 0.957. The van der Waals surface area contributed by atoms with Gasteiger partial charge in [-0.3, -0.25) is 0 Å². The zero-order chi connectivity index (χ0) is 17.6. The van der Waals surface area contributed by atoms with Crippen LogP contribution in [0.4, 0.5) is 0 Å². The van der Waals surface area contributed by atoms with Crippen molar-refractivity contribution in [3.8, 4) is 0 Å². The lowest BCUT2D eigenvalue weighted by Crippen LogP contribution is -2.19. The van der Waals surface area contributed by atoms with Gasteiger partial charge in [-0.05, 0) is 68.2 Å². The molecule has 0 bridgehead atoms. The molecule has 0 radical (unpaired) electrons. The minimum Gasteiger partial charge on any atom is -0.478 e. The average molecular weight is 379 g/mol. The Balaban J connectivity index is 2.94.